The third-order valence-corrected chi connectivity index (χ3v) is 3.69. The van der Waals surface area contributed by atoms with Crippen LogP contribution in [0.25, 0.3) is 0 Å². The Kier molecular flexibility index (Phi) is 5.40. The van der Waals surface area contributed by atoms with Gasteiger partial charge in [0.1, 0.15) is 6.10 Å². The number of halogens is 1. The molecule has 0 aromatic heterocycles. The van der Waals surface area contributed by atoms with Gasteiger partial charge in [-0.2, -0.15) is 0 Å². The average molecular weight is 298 g/mol. The molecule has 1 amide bonds. The third-order valence-electron chi connectivity index (χ3n) is 3.44. The standard InChI is InChI=1S/C15H20ClNO3/c1-11(18)2-7-15(19)17-8-9-20-14(10-17)12-3-5-13(16)6-4-12/h3-6,11,14,18H,2,7-10H2,1H3. The van der Waals surface area contributed by atoms with Crippen LogP contribution in [-0.4, -0.2) is 41.7 Å². The molecule has 1 fully saturated rings. The fourth-order valence-corrected chi connectivity index (χ4v) is 2.37. The number of ether oxygens (including phenoxy) is 1. The fourth-order valence-electron chi connectivity index (χ4n) is 2.25. The quantitative estimate of drug-likeness (QED) is 0.928. The van der Waals surface area contributed by atoms with E-state index in [0.717, 1.165) is 5.56 Å². The summed E-state index contributed by atoms with van der Waals surface area (Å²) in [6.45, 7) is 3.40. The van der Waals surface area contributed by atoms with E-state index in [2.05, 4.69) is 0 Å². The van der Waals surface area contributed by atoms with Crippen LogP contribution < -0.4 is 0 Å². The summed E-state index contributed by atoms with van der Waals surface area (Å²) in [5, 5.41) is 9.94. The highest BCUT2D eigenvalue weighted by atomic mass is 35.5. The maximum Gasteiger partial charge on any atom is 0.222 e. The Morgan fingerprint density at radius 1 is 1.50 bits per heavy atom. The van der Waals surface area contributed by atoms with E-state index in [1.54, 1.807) is 6.92 Å². The van der Waals surface area contributed by atoms with E-state index in [9.17, 15) is 9.90 Å². The Morgan fingerprint density at radius 2 is 2.20 bits per heavy atom. The van der Waals surface area contributed by atoms with Crippen molar-refractivity contribution < 1.29 is 14.6 Å². The molecule has 1 aliphatic heterocycles. The summed E-state index contributed by atoms with van der Waals surface area (Å²) in [5.41, 5.74) is 1.03. The smallest absolute Gasteiger partial charge is 0.222 e. The number of aliphatic hydroxyl groups excluding tert-OH is 1. The molecule has 1 saturated heterocycles. The fraction of sp³-hybridized carbons (Fsp3) is 0.533. The van der Waals surface area contributed by atoms with E-state index in [4.69, 9.17) is 16.3 Å². The number of hydrogen-bond donors (Lipinski definition) is 1. The summed E-state index contributed by atoms with van der Waals surface area (Å²) < 4.78 is 5.72. The van der Waals surface area contributed by atoms with E-state index in [0.29, 0.717) is 37.6 Å². The number of carbonyl (C=O) groups excluding carboxylic acids is 1. The Balaban J connectivity index is 1.94. The Morgan fingerprint density at radius 3 is 2.85 bits per heavy atom. The van der Waals surface area contributed by atoms with Crippen LogP contribution in [0.15, 0.2) is 24.3 Å². The Bertz CT molecular complexity index is 447. The Hall–Kier alpha value is -1.10. The number of rotatable bonds is 4. The van der Waals surface area contributed by atoms with Crippen molar-refractivity contribution >= 4 is 17.5 Å². The van der Waals surface area contributed by atoms with Gasteiger partial charge >= 0.3 is 0 Å². The molecule has 1 aromatic carbocycles. The van der Waals surface area contributed by atoms with Gasteiger partial charge in [0.05, 0.1) is 19.3 Å². The van der Waals surface area contributed by atoms with Crippen LogP contribution in [0.5, 0.6) is 0 Å². The van der Waals surface area contributed by atoms with Gasteiger partial charge in [-0.05, 0) is 31.0 Å². The second kappa shape index (κ2) is 7.07. The van der Waals surface area contributed by atoms with Crippen LogP contribution >= 0.6 is 11.6 Å². The highest BCUT2D eigenvalue weighted by molar-refractivity contribution is 6.30. The number of benzene rings is 1. The minimum Gasteiger partial charge on any atom is -0.393 e. The highest BCUT2D eigenvalue weighted by Crippen LogP contribution is 2.24. The molecular formula is C15H20ClNO3. The minimum atomic E-state index is -0.438. The lowest BCUT2D eigenvalue weighted by molar-refractivity contribution is -0.139. The van der Waals surface area contributed by atoms with Crippen molar-refractivity contribution in [2.24, 2.45) is 0 Å². The van der Waals surface area contributed by atoms with E-state index < -0.39 is 6.10 Å². The Labute approximate surface area is 124 Å². The van der Waals surface area contributed by atoms with Gasteiger partial charge in [0.25, 0.3) is 0 Å². The first-order valence-electron chi connectivity index (χ1n) is 6.89. The molecule has 4 nitrogen and oxygen atoms in total. The molecule has 0 bridgehead atoms. The molecule has 2 atom stereocenters. The molecule has 5 heteroatoms. The molecule has 0 saturated carbocycles. The van der Waals surface area contributed by atoms with Crippen molar-refractivity contribution in [1.82, 2.24) is 4.90 Å². The predicted molar refractivity (Wildman–Crippen MR) is 77.6 cm³/mol. The second-order valence-electron chi connectivity index (χ2n) is 5.14. The van der Waals surface area contributed by atoms with E-state index >= 15 is 0 Å². The normalized spacial score (nSPS) is 20.8. The van der Waals surface area contributed by atoms with Gasteiger partial charge in [-0.3, -0.25) is 4.79 Å². The number of carbonyl (C=O) groups is 1. The van der Waals surface area contributed by atoms with Crippen molar-refractivity contribution in [2.45, 2.75) is 32.0 Å². The van der Waals surface area contributed by atoms with Gasteiger partial charge in [0.15, 0.2) is 0 Å². The number of amides is 1. The molecule has 110 valence electrons. The molecule has 2 unspecified atom stereocenters. The minimum absolute atomic E-state index is 0.0770. The van der Waals surface area contributed by atoms with Gasteiger partial charge in [-0.25, -0.2) is 0 Å². The number of morpholine rings is 1. The summed E-state index contributed by atoms with van der Waals surface area (Å²) in [7, 11) is 0. The second-order valence-corrected chi connectivity index (χ2v) is 5.57. The first-order valence-corrected chi connectivity index (χ1v) is 7.27. The summed E-state index contributed by atoms with van der Waals surface area (Å²) >= 11 is 5.87. The summed E-state index contributed by atoms with van der Waals surface area (Å²) in [6, 6.07) is 7.51. The number of nitrogens with zero attached hydrogens (tertiary/aromatic N) is 1. The van der Waals surface area contributed by atoms with Crippen LogP contribution in [0.1, 0.15) is 31.4 Å². The molecule has 0 radical (unpaired) electrons. The molecule has 1 N–H and O–H groups in total. The van der Waals surface area contributed by atoms with Crippen LogP contribution in [-0.2, 0) is 9.53 Å². The van der Waals surface area contributed by atoms with Crippen LogP contribution in [0.2, 0.25) is 5.02 Å². The maximum absolute atomic E-state index is 12.1. The van der Waals surface area contributed by atoms with E-state index in [1.165, 1.54) is 0 Å². The monoisotopic (exact) mass is 297 g/mol. The first kappa shape index (κ1) is 15.3. The van der Waals surface area contributed by atoms with Crippen molar-refractivity contribution in [3.63, 3.8) is 0 Å². The molecule has 1 aromatic rings. The molecule has 1 heterocycles. The van der Waals surface area contributed by atoms with Gasteiger partial charge in [-0.15, -0.1) is 0 Å². The first-order chi connectivity index (χ1) is 9.56. The zero-order chi connectivity index (χ0) is 14.5. The third kappa shape index (κ3) is 4.20. The molecular weight excluding hydrogens is 278 g/mol. The lowest BCUT2D eigenvalue weighted by Crippen LogP contribution is -2.42. The lowest BCUT2D eigenvalue weighted by atomic mass is 10.1. The van der Waals surface area contributed by atoms with E-state index in [1.807, 2.05) is 29.2 Å². The molecule has 1 aliphatic rings. The van der Waals surface area contributed by atoms with Crippen LogP contribution in [0.4, 0.5) is 0 Å². The van der Waals surface area contributed by atoms with E-state index in [-0.39, 0.29) is 12.0 Å². The predicted octanol–water partition coefficient (Wildman–Crippen LogP) is 2.40. The van der Waals surface area contributed by atoms with Crippen LogP contribution in [0.3, 0.4) is 0 Å². The summed E-state index contributed by atoms with van der Waals surface area (Å²) in [4.78, 5) is 13.9. The van der Waals surface area contributed by atoms with Gasteiger partial charge in [-0.1, -0.05) is 23.7 Å². The van der Waals surface area contributed by atoms with Crippen LogP contribution in [0, 0.1) is 0 Å². The number of hydrogen-bond acceptors (Lipinski definition) is 3. The molecule has 0 aliphatic carbocycles. The largest absolute Gasteiger partial charge is 0.393 e. The highest BCUT2D eigenvalue weighted by Gasteiger charge is 2.25. The van der Waals surface area contributed by atoms with Crippen molar-refractivity contribution in [1.29, 1.82) is 0 Å². The summed E-state index contributed by atoms with van der Waals surface area (Å²) in [5.74, 6) is 0.0770. The van der Waals surface area contributed by atoms with Crippen molar-refractivity contribution in [2.75, 3.05) is 19.7 Å². The lowest BCUT2D eigenvalue weighted by Gasteiger charge is -2.33. The zero-order valence-electron chi connectivity index (χ0n) is 11.6. The number of aliphatic hydroxyl groups is 1. The zero-order valence-corrected chi connectivity index (χ0v) is 12.3. The SMILES string of the molecule is CC(O)CCC(=O)N1CCOC(c2ccc(Cl)cc2)C1. The van der Waals surface area contributed by atoms with Gasteiger partial charge in [0.2, 0.25) is 5.91 Å². The molecule has 0 spiro atoms. The topological polar surface area (TPSA) is 49.8 Å². The van der Waals surface area contributed by atoms with Gasteiger partial charge in [0, 0.05) is 18.0 Å². The summed E-state index contributed by atoms with van der Waals surface area (Å²) in [6.07, 6.45) is 0.343. The van der Waals surface area contributed by atoms with Gasteiger partial charge < -0.3 is 14.7 Å². The van der Waals surface area contributed by atoms with Crippen molar-refractivity contribution in [3.05, 3.63) is 34.9 Å². The molecule has 20 heavy (non-hydrogen) atoms. The van der Waals surface area contributed by atoms with Crippen molar-refractivity contribution in [3.8, 4) is 0 Å². The average Bonchev–Trinajstić information content (AvgIpc) is 2.45. The maximum atomic E-state index is 12.1. The molecule has 2 rings (SSSR count).